The molecule has 100 valence electrons. The van der Waals surface area contributed by atoms with Crippen LogP contribution < -0.4 is 5.73 Å². The van der Waals surface area contributed by atoms with Gasteiger partial charge in [0, 0.05) is 6.42 Å². The maximum Gasteiger partial charge on any atom is 0.227 e. The number of rotatable bonds is 11. The second kappa shape index (κ2) is 12.0. The second-order valence-electron chi connectivity index (χ2n) is 4.35. The molecule has 0 radical (unpaired) electrons. The fourth-order valence-electron chi connectivity index (χ4n) is 1.63. The largest absolute Gasteiger partial charge is 0.369 e. The highest BCUT2D eigenvalue weighted by molar-refractivity contribution is 8.14. The summed E-state index contributed by atoms with van der Waals surface area (Å²) < 4.78 is 0. The van der Waals surface area contributed by atoms with Crippen molar-refractivity contribution >= 4 is 22.8 Å². The van der Waals surface area contributed by atoms with Gasteiger partial charge in [0.15, 0.2) is 5.12 Å². The quantitative estimate of drug-likeness (QED) is 0.579. The Hall–Kier alpha value is -0.510. The maximum absolute atomic E-state index is 11.3. The number of nitrogens with two attached hydrogens (primary N) is 1. The van der Waals surface area contributed by atoms with E-state index < -0.39 is 5.91 Å². The Morgan fingerprint density at radius 1 is 0.941 bits per heavy atom. The predicted octanol–water partition coefficient (Wildman–Crippen LogP) is 3.26. The monoisotopic (exact) mass is 259 g/mol. The molecule has 0 unspecified atom stereocenters. The number of thioether (sulfide) groups is 1. The van der Waals surface area contributed by atoms with Gasteiger partial charge in [0.2, 0.25) is 5.91 Å². The number of carbonyl (C=O) groups is 2. The number of unbranched alkanes of at least 4 members (excludes halogenated alkanes) is 7. The average molecular weight is 259 g/mol. The third kappa shape index (κ3) is 13.4. The Kier molecular flexibility index (Phi) is 11.6. The molecule has 0 saturated carbocycles. The van der Waals surface area contributed by atoms with Gasteiger partial charge in [-0.3, -0.25) is 9.59 Å². The minimum atomic E-state index is -0.417. The van der Waals surface area contributed by atoms with Crippen LogP contribution in [-0.2, 0) is 9.59 Å². The summed E-state index contributed by atoms with van der Waals surface area (Å²) in [5.74, 6) is -0.296. The van der Waals surface area contributed by atoms with Gasteiger partial charge in [0.1, 0.15) is 0 Å². The van der Waals surface area contributed by atoms with Crippen LogP contribution in [0.4, 0.5) is 0 Å². The number of amides is 1. The van der Waals surface area contributed by atoms with Gasteiger partial charge in [0.05, 0.1) is 5.75 Å². The summed E-state index contributed by atoms with van der Waals surface area (Å²) in [5.41, 5.74) is 4.96. The van der Waals surface area contributed by atoms with Crippen molar-refractivity contribution in [2.24, 2.45) is 5.73 Å². The van der Waals surface area contributed by atoms with Gasteiger partial charge in [-0.15, -0.1) is 0 Å². The van der Waals surface area contributed by atoms with E-state index in [1.54, 1.807) is 0 Å². The second-order valence-corrected chi connectivity index (χ2v) is 5.38. The zero-order valence-corrected chi connectivity index (χ0v) is 11.7. The van der Waals surface area contributed by atoms with Gasteiger partial charge < -0.3 is 5.73 Å². The van der Waals surface area contributed by atoms with Crippen LogP contribution in [0.5, 0.6) is 0 Å². The molecular formula is C13H25NO2S. The highest BCUT2D eigenvalue weighted by Gasteiger charge is 2.04. The van der Waals surface area contributed by atoms with Gasteiger partial charge >= 0.3 is 0 Å². The van der Waals surface area contributed by atoms with Crippen LogP contribution in [0.3, 0.4) is 0 Å². The molecule has 0 aromatic heterocycles. The molecule has 0 fully saturated rings. The van der Waals surface area contributed by atoms with Gasteiger partial charge in [-0.1, -0.05) is 63.6 Å². The fraction of sp³-hybridized carbons (Fsp3) is 0.846. The van der Waals surface area contributed by atoms with Gasteiger partial charge in [-0.25, -0.2) is 0 Å². The summed E-state index contributed by atoms with van der Waals surface area (Å²) >= 11 is 1.05. The Labute approximate surface area is 109 Å². The third-order valence-electron chi connectivity index (χ3n) is 2.61. The van der Waals surface area contributed by atoms with Crippen LogP contribution in [0.1, 0.15) is 64.7 Å². The molecule has 0 bridgehead atoms. The number of hydrogen-bond acceptors (Lipinski definition) is 3. The van der Waals surface area contributed by atoms with E-state index >= 15 is 0 Å². The van der Waals surface area contributed by atoms with Gasteiger partial charge in [0.25, 0.3) is 0 Å². The summed E-state index contributed by atoms with van der Waals surface area (Å²) in [6, 6.07) is 0. The summed E-state index contributed by atoms with van der Waals surface area (Å²) in [6.07, 6.45) is 10.4. The molecule has 0 aliphatic rings. The van der Waals surface area contributed by atoms with E-state index in [2.05, 4.69) is 6.92 Å². The number of carbonyl (C=O) groups excluding carboxylic acids is 2. The van der Waals surface area contributed by atoms with E-state index in [0.717, 1.165) is 24.6 Å². The standard InChI is InChI=1S/C13H25NO2S/c1-2-3-4-5-6-7-8-9-10-13(16)17-11-12(14)15/h2-11H2,1H3,(H2,14,15). The minimum Gasteiger partial charge on any atom is -0.369 e. The highest BCUT2D eigenvalue weighted by atomic mass is 32.2. The third-order valence-corrected chi connectivity index (χ3v) is 3.56. The normalized spacial score (nSPS) is 10.4. The first-order valence-corrected chi connectivity index (χ1v) is 7.59. The Morgan fingerprint density at radius 3 is 2.00 bits per heavy atom. The zero-order valence-electron chi connectivity index (χ0n) is 10.9. The molecule has 2 N–H and O–H groups in total. The van der Waals surface area contributed by atoms with Crippen molar-refractivity contribution in [2.75, 3.05) is 5.75 Å². The van der Waals surface area contributed by atoms with Crippen LogP contribution in [0.15, 0.2) is 0 Å². The first kappa shape index (κ1) is 16.5. The van der Waals surface area contributed by atoms with Crippen LogP contribution in [-0.4, -0.2) is 16.8 Å². The molecule has 0 aliphatic carbocycles. The van der Waals surface area contributed by atoms with Crippen molar-refractivity contribution in [3.8, 4) is 0 Å². The fourth-order valence-corrected chi connectivity index (χ4v) is 2.22. The lowest BCUT2D eigenvalue weighted by atomic mass is 10.1. The molecule has 0 atom stereocenters. The summed E-state index contributed by atoms with van der Waals surface area (Å²) in [7, 11) is 0. The van der Waals surface area contributed by atoms with E-state index in [0.29, 0.717) is 6.42 Å². The molecule has 0 aromatic carbocycles. The lowest BCUT2D eigenvalue weighted by molar-refractivity contribution is -0.116. The molecule has 0 rings (SSSR count). The van der Waals surface area contributed by atoms with Crippen molar-refractivity contribution in [3.05, 3.63) is 0 Å². The lowest BCUT2D eigenvalue weighted by Crippen LogP contribution is -2.14. The Balaban J connectivity index is 3.16. The highest BCUT2D eigenvalue weighted by Crippen LogP contribution is 2.12. The summed E-state index contributed by atoms with van der Waals surface area (Å²) in [6.45, 7) is 2.22. The van der Waals surface area contributed by atoms with E-state index in [4.69, 9.17) is 5.73 Å². The molecule has 0 aliphatic heterocycles. The molecule has 0 spiro atoms. The molecule has 4 heteroatoms. The lowest BCUT2D eigenvalue weighted by Gasteiger charge is -2.01. The van der Waals surface area contributed by atoms with Crippen LogP contribution >= 0.6 is 11.8 Å². The van der Waals surface area contributed by atoms with E-state index in [-0.39, 0.29) is 10.9 Å². The smallest absolute Gasteiger partial charge is 0.227 e. The Bertz CT molecular complexity index is 219. The van der Waals surface area contributed by atoms with Crippen molar-refractivity contribution < 1.29 is 9.59 Å². The van der Waals surface area contributed by atoms with Crippen molar-refractivity contribution in [2.45, 2.75) is 64.7 Å². The van der Waals surface area contributed by atoms with Gasteiger partial charge in [-0.05, 0) is 6.42 Å². The van der Waals surface area contributed by atoms with E-state index in [1.807, 2.05) is 0 Å². The molecule has 0 aromatic rings. The SMILES string of the molecule is CCCCCCCCCCC(=O)SCC(N)=O. The van der Waals surface area contributed by atoms with Crippen LogP contribution in [0.2, 0.25) is 0 Å². The maximum atomic E-state index is 11.3. The average Bonchev–Trinajstić information content (AvgIpc) is 2.30. The van der Waals surface area contributed by atoms with Gasteiger partial charge in [-0.2, -0.15) is 0 Å². The first-order chi connectivity index (χ1) is 8.16. The predicted molar refractivity (Wildman–Crippen MR) is 73.9 cm³/mol. The molecular weight excluding hydrogens is 234 g/mol. The summed E-state index contributed by atoms with van der Waals surface area (Å²) in [5, 5.41) is 0.0924. The summed E-state index contributed by atoms with van der Waals surface area (Å²) in [4.78, 5) is 21.7. The number of hydrogen-bond donors (Lipinski definition) is 1. The van der Waals surface area contributed by atoms with Crippen molar-refractivity contribution in [1.29, 1.82) is 0 Å². The molecule has 3 nitrogen and oxygen atoms in total. The number of primary amides is 1. The zero-order chi connectivity index (χ0) is 12.9. The molecule has 17 heavy (non-hydrogen) atoms. The molecule has 0 saturated heterocycles. The van der Waals surface area contributed by atoms with Crippen molar-refractivity contribution in [3.63, 3.8) is 0 Å². The van der Waals surface area contributed by atoms with E-state index in [1.165, 1.54) is 38.5 Å². The molecule has 0 heterocycles. The van der Waals surface area contributed by atoms with Crippen molar-refractivity contribution in [1.82, 2.24) is 0 Å². The topological polar surface area (TPSA) is 60.2 Å². The first-order valence-electron chi connectivity index (χ1n) is 6.60. The van der Waals surface area contributed by atoms with Crippen LogP contribution in [0, 0.1) is 0 Å². The molecule has 1 amide bonds. The van der Waals surface area contributed by atoms with Crippen LogP contribution in [0.25, 0.3) is 0 Å². The minimum absolute atomic E-state index is 0.0924. The van der Waals surface area contributed by atoms with E-state index in [9.17, 15) is 9.59 Å². The Morgan fingerprint density at radius 2 is 1.47 bits per heavy atom.